The monoisotopic (exact) mass is 460 g/mol. The normalized spacial score (nSPS) is 20.3. The van der Waals surface area contributed by atoms with Crippen LogP contribution in [0.2, 0.25) is 5.02 Å². The van der Waals surface area contributed by atoms with Crippen LogP contribution in [-0.2, 0) is 10.2 Å². The van der Waals surface area contributed by atoms with Crippen molar-refractivity contribution in [2.45, 2.75) is 25.3 Å². The molecule has 6 nitrogen and oxygen atoms in total. The number of aromatic nitrogens is 1. The molecule has 2 saturated heterocycles. The number of ether oxygens (including phenoxy) is 1. The lowest BCUT2D eigenvalue weighted by Gasteiger charge is -2.43. The van der Waals surface area contributed by atoms with Gasteiger partial charge in [0.2, 0.25) is 0 Å². The molecule has 3 aliphatic rings. The lowest BCUT2D eigenvalue weighted by Crippen LogP contribution is -2.56. The first-order valence-electron chi connectivity index (χ1n) is 11.4. The molecule has 0 spiro atoms. The summed E-state index contributed by atoms with van der Waals surface area (Å²) in [5, 5.41) is 10.8. The maximum absolute atomic E-state index is 13.6. The molecule has 6 rings (SSSR count). The van der Waals surface area contributed by atoms with Gasteiger partial charge in [-0.25, -0.2) is 0 Å². The number of fused-ring (bicyclic) bond motifs is 4. The van der Waals surface area contributed by atoms with Gasteiger partial charge in [0.15, 0.2) is 5.78 Å². The average molecular weight is 461 g/mol. The van der Waals surface area contributed by atoms with E-state index in [-0.39, 0.29) is 5.78 Å². The molecule has 0 bridgehead atoms. The summed E-state index contributed by atoms with van der Waals surface area (Å²) in [4.78, 5) is 21.9. The van der Waals surface area contributed by atoms with Crippen molar-refractivity contribution in [3.63, 3.8) is 0 Å². The Morgan fingerprint density at radius 3 is 2.58 bits per heavy atom. The van der Waals surface area contributed by atoms with Gasteiger partial charge in [-0.2, -0.15) is 5.26 Å². The van der Waals surface area contributed by atoms with Crippen LogP contribution < -0.4 is 4.90 Å². The second-order valence-electron chi connectivity index (χ2n) is 9.76. The summed E-state index contributed by atoms with van der Waals surface area (Å²) in [6.07, 6.45) is 0. The molecule has 3 aromatic rings. The number of nitriles is 1. The van der Waals surface area contributed by atoms with Gasteiger partial charge >= 0.3 is 0 Å². The zero-order valence-corrected chi connectivity index (χ0v) is 19.5. The van der Waals surface area contributed by atoms with E-state index >= 15 is 0 Å². The number of hydrogen-bond donors (Lipinski definition) is 1. The van der Waals surface area contributed by atoms with Crippen molar-refractivity contribution in [1.82, 2.24) is 9.88 Å². The van der Waals surface area contributed by atoms with Gasteiger partial charge in [-0.05, 0) is 29.8 Å². The quantitative estimate of drug-likeness (QED) is 0.623. The van der Waals surface area contributed by atoms with E-state index in [2.05, 4.69) is 40.8 Å². The van der Waals surface area contributed by atoms with Gasteiger partial charge in [-0.15, -0.1) is 0 Å². The van der Waals surface area contributed by atoms with Gasteiger partial charge in [-0.1, -0.05) is 31.5 Å². The van der Waals surface area contributed by atoms with Crippen LogP contribution in [0.1, 0.15) is 46.6 Å². The molecule has 33 heavy (non-hydrogen) atoms. The highest BCUT2D eigenvalue weighted by Crippen LogP contribution is 2.46. The van der Waals surface area contributed by atoms with Crippen molar-refractivity contribution in [2.24, 2.45) is 0 Å². The Hall–Kier alpha value is -2.85. The van der Waals surface area contributed by atoms with E-state index in [4.69, 9.17) is 16.3 Å². The maximum atomic E-state index is 13.6. The fourth-order valence-corrected chi connectivity index (χ4v) is 5.80. The number of benzene rings is 2. The third-order valence-electron chi connectivity index (χ3n) is 7.58. The highest BCUT2D eigenvalue weighted by molar-refractivity contribution is 6.34. The minimum atomic E-state index is -0.408. The predicted molar refractivity (Wildman–Crippen MR) is 128 cm³/mol. The number of hydrogen-bond acceptors (Lipinski definition) is 5. The van der Waals surface area contributed by atoms with Crippen LogP contribution in [0.25, 0.3) is 10.9 Å². The third-order valence-corrected chi connectivity index (χ3v) is 7.88. The van der Waals surface area contributed by atoms with E-state index in [1.54, 1.807) is 6.07 Å². The zero-order valence-electron chi connectivity index (χ0n) is 18.7. The Morgan fingerprint density at radius 2 is 1.91 bits per heavy atom. The van der Waals surface area contributed by atoms with Gasteiger partial charge in [0.1, 0.15) is 0 Å². The highest BCUT2D eigenvalue weighted by Gasteiger charge is 2.41. The van der Waals surface area contributed by atoms with Crippen LogP contribution in [0.4, 0.5) is 5.69 Å². The minimum Gasteiger partial charge on any atom is -0.378 e. The second-order valence-corrected chi connectivity index (χ2v) is 10.2. The Bertz CT molecular complexity index is 1340. The smallest absolute Gasteiger partial charge is 0.195 e. The van der Waals surface area contributed by atoms with Gasteiger partial charge in [-0.3, -0.25) is 9.69 Å². The van der Waals surface area contributed by atoms with E-state index < -0.39 is 5.41 Å². The summed E-state index contributed by atoms with van der Waals surface area (Å²) in [7, 11) is 0. The molecule has 2 fully saturated rings. The number of H-pyrrole nitrogens is 1. The molecule has 3 heterocycles. The van der Waals surface area contributed by atoms with Gasteiger partial charge in [0.25, 0.3) is 0 Å². The van der Waals surface area contributed by atoms with Crippen molar-refractivity contribution in [3.05, 3.63) is 63.3 Å². The van der Waals surface area contributed by atoms with Gasteiger partial charge in [0, 0.05) is 53.8 Å². The van der Waals surface area contributed by atoms with Crippen molar-refractivity contribution in [1.29, 1.82) is 5.26 Å². The molecular formula is C26H25ClN4O2. The number of aromatic amines is 1. The van der Waals surface area contributed by atoms with E-state index in [0.717, 1.165) is 67.2 Å². The van der Waals surface area contributed by atoms with Crippen LogP contribution in [-0.4, -0.2) is 61.1 Å². The maximum Gasteiger partial charge on any atom is 0.195 e. The molecule has 0 atom stereocenters. The summed E-state index contributed by atoms with van der Waals surface area (Å²) in [6, 6.07) is 12.1. The topological polar surface area (TPSA) is 72.4 Å². The van der Waals surface area contributed by atoms with Gasteiger partial charge in [0.05, 0.1) is 47.2 Å². The Labute approximate surface area is 197 Å². The Kier molecular flexibility index (Phi) is 4.60. The molecule has 7 heteroatoms. The number of carbonyl (C=O) groups excluding carboxylic acids is 1. The third kappa shape index (κ3) is 3.03. The summed E-state index contributed by atoms with van der Waals surface area (Å²) in [5.74, 6) is -0.0152. The molecule has 2 aliphatic heterocycles. The average Bonchev–Trinajstić information content (AvgIpc) is 3.17. The molecule has 0 amide bonds. The van der Waals surface area contributed by atoms with Crippen LogP contribution in [0.15, 0.2) is 30.3 Å². The van der Waals surface area contributed by atoms with E-state index in [1.165, 1.54) is 0 Å². The number of ketones is 1. The minimum absolute atomic E-state index is 0.0152. The van der Waals surface area contributed by atoms with Crippen molar-refractivity contribution >= 4 is 34.0 Å². The summed E-state index contributed by atoms with van der Waals surface area (Å²) in [5.41, 5.74) is 5.21. The number of carbonyl (C=O) groups is 1. The Balaban J connectivity index is 1.40. The summed E-state index contributed by atoms with van der Waals surface area (Å²) >= 11 is 6.78. The standard InChI is InChI=1S/C26H25ClN4O2/c1-26(2)19-11-22(31-7-5-30(6-8-31)16-13-33-14-16)20(27)10-18(19)24(32)23-17-4-3-15(12-28)9-21(17)29-25(23)26/h3-4,9-11,16,29H,5-8,13-14H2,1-2H3. The van der Waals surface area contributed by atoms with E-state index in [9.17, 15) is 10.1 Å². The number of rotatable bonds is 2. The van der Waals surface area contributed by atoms with Crippen LogP contribution in [0.5, 0.6) is 0 Å². The Morgan fingerprint density at radius 1 is 1.15 bits per heavy atom. The molecule has 168 valence electrons. The molecule has 1 aliphatic carbocycles. The molecule has 0 unspecified atom stereocenters. The van der Waals surface area contributed by atoms with Crippen molar-refractivity contribution < 1.29 is 9.53 Å². The number of nitrogens with zero attached hydrogens (tertiary/aromatic N) is 3. The SMILES string of the molecule is CC1(C)c2cc(N3CCN(C4COC4)CC3)c(Cl)cc2C(=O)c2c1[nH]c1cc(C#N)ccc21. The van der Waals surface area contributed by atoms with Crippen LogP contribution in [0.3, 0.4) is 0 Å². The predicted octanol–water partition coefficient (Wildman–Crippen LogP) is 4.08. The number of anilines is 1. The molecule has 0 radical (unpaired) electrons. The lowest BCUT2D eigenvalue weighted by atomic mass is 9.71. The molecule has 0 saturated carbocycles. The van der Waals surface area contributed by atoms with Gasteiger partial charge < -0.3 is 14.6 Å². The van der Waals surface area contributed by atoms with Crippen molar-refractivity contribution in [3.8, 4) is 6.07 Å². The summed E-state index contributed by atoms with van der Waals surface area (Å²) in [6.45, 7) is 9.72. The first kappa shape index (κ1) is 20.7. The molecular weight excluding hydrogens is 436 g/mol. The van der Waals surface area contributed by atoms with E-state index in [0.29, 0.717) is 27.8 Å². The highest BCUT2D eigenvalue weighted by atomic mass is 35.5. The summed E-state index contributed by atoms with van der Waals surface area (Å²) < 4.78 is 5.35. The second kappa shape index (κ2) is 7.33. The molecule has 1 aromatic heterocycles. The lowest BCUT2D eigenvalue weighted by molar-refractivity contribution is -0.0660. The molecule has 1 N–H and O–H groups in total. The van der Waals surface area contributed by atoms with Crippen molar-refractivity contribution in [2.75, 3.05) is 44.3 Å². The number of halogens is 1. The molecule has 2 aromatic carbocycles. The first-order chi connectivity index (χ1) is 15.9. The van der Waals surface area contributed by atoms with Crippen LogP contribution in [0, 0.1) is 11.3 Å². The fraction of sp³-hybridized carbons (Fsp3) is 0.385. The van der Waals surface area contributed by atoms with E-state index in [1.807, 2.05) is 18.2 Å². The number of piperazine rings is 1. The zero-order chi connectivity index (χ0) is 22.9. The largest absolute Gasteiger partial charge is 0.378 e. The van der Waals surface area contributed by atoms with Crippen LogP contribution >= 0.6 is 11.6 Å². The number of nitrogens with one attached hydrogen (secondary N) is 1. The first-order valence-corrected chi connectivity index (χ1v) is 11.8. The fourth-order valence-electron chi connectivity index (χ4n) is 5.51.